The minimum Gasteiger partial charge on any atom is -0.480 e. The smallest absolute Gasteiger partial charge is 0.323 e. The summed E-state index contributed by atoms with van der Waals surface area (Å²) in [6.07, 6.45) is 4.80. The van der Waals surface area contributed by atoms with Gasteiger partial charge in [-0.1, -0.05) is 6.07 Å². The number of fused-ring (bicyclic) bond motifs is 3. The largest absolute Gasteiger partial charge is 0.480 e. The van der Waals surface area contributed by atoms with E-state index in [9.17, 15) is 9.90 Å². The molecule has 1 aromatic carbocycles. The van der Waals surface area contributed by atoms with E-state index in [4.69, 9.17) is 5.73 Å². The molecule has 7 heteroatoms. The number of carbonyl (C=O) groups is 1. The van der Waals surface area contributed by atoms with E-state index in [1.54, 1.807) is 17.0 Å². The van der Waals surface area contributed by atoms with Crippen molar-refractivity contribution in [2.75, 3.05) is 5.73 Å². The minimum atomic E-state index is -0.941. The van der Waals surface area contributed by atoms with Crippen LogP contribution in [0, 0.1) is 0 Å². The molecule has 0 bridgehead atoms. The van der Waals surface area contributed by atoms with Crippen molar-refractivity contribution < 1.29 is 9.90 Å². The summed E-state index contributed by atoms with van der Waals surface area (Å²) in [5, 5.41) is 10.7. The second-order valence-electron chi connectivity index (χ2n) is 5.41. The predicted molar refractivity (Wildman–Crippen MR) is 90.3 cm³/mol. The third-order valence-electron chi connectivity index (χ3n) is 3.98. The lowest BCUT2D eigenvalue weighted by Gasteiger charge is -2.04. The van der Waals surface area contributed by atoms with Gasteiger partial charge in [0, 0.05) is 17.8 Å². The van der Waals surface area contributed by atoms with E-state index in [2.05, 4.69) is 15.0 Å². The van der Waals surface area contributed by atoms with Crippen LogP contribution in [0.3, 0.4) is 0 Å². The Balaban J connectivity index is 2.06. The Morgan fingerprint density at radius 3 is 2.67 bits per heavy atom. The zero-order chi connectivity index (χ0) is 16.7. The molecule has 7 nitrogen and oxygen atoms in total. The fourth-order valence-corrected chi connectivity index (χ4v) is 2.96. The Morgan fingerprint density at radius 1 is 1.12 bits per heavy atom. The fraction of sp³-hybridized carbons (Fsp3) is 0.0588. The van der Waals surface area contributed by atoms with Crippen LogP contribution in [0.25, 0.3) is 33.1 Å². The maximum absolute atomic E-state index is 11.2. The lowest BCUT2D eigenvalue weighted by molar-refractivity contribution is -0.137. The first kappa shape index (κ1) is 14.1. The number of rotatable bonds is 3. The molecule has 24 heavy (non-hydrogen) atoms. The Kier molecular flexibility index (Phi) is 3.13. The molecule has 0 saturated heterocycles. The summed E-state index contributed by atoms with van der Waals surface area (Å²) < 4.78 is 1.64. The molecule has 0 amide bonds. The van der Waals surface area contributed by atoms with E-state index in [0.29, 0.717) is 16.9 Å². The molecule has 0 aliphatic carbocycles. The van der Waals surface area contributed by atoms with Gasteiger partial charge < -0.3 is 15.4 Å². The normalized spacial score (nSPS) is 11.2. The van der Waals surface area contributed by atoms with Crippen molar-refractivity contribution in [2.24, 2.45) is 0 Å². The SMILES string of the molecule is Nc1ncnc2c1c1cc(-c3ccncc3)ccc1n2CC(=O)O. The lowest BCUT2D eigenvalue weighted by Crippen LogP contribution is -2.09. The number of carboxylic acids is 1. The third-order valence-corrected chi connectivity index (χ3v) is 3.98. The van der Waals surface area contributed by atoms with Crippen LogP contribution < -0.4 is 5.73 Å². The maximum atomic E-state index is 11.2. The number of nitrogens with two attached hydrogens (primary N) is 1. The van der Waals surface area contributed by atoms with Crippen LogP contribution in [0.15, 0.2) is 49.1 Å². The molecule has 0 saturated carbocycles. The molecule has 4 aromatic rings. The maximum Gasteiger partial charge on any atom is 0.323 e. The van der Waals surface area contributed by atoms with Crippen molar-refractivity contribution >= 4 is 33.7 Å². The molecule has 4 rings (SSSR count). The summed E-state index contributed by atoms with van der Waals surface area (Å²) in [5.74, 6) is -0.606. The van der Waals surface area contributed by atoms with E-state index in [-0.39, 0.29) is 6.54 Å². The van der Waals surface area contributed by atoms with Crippen LogP contribution in [0.2, 0.25) is 0 Å². The molecule has 0 aliphatic heterocycles. The van der Waals surface area contributed by atoms with Gasteiger partial charge in [0.2, 0.25) is 0 Å². The number of pyridine rings is 1. The van der Waals surface area contributed by atoms with E-state index >= 15 is 0 Å². The molecule has 0 radical (unpaired) electrons. The van der Waals surface area contributed by atoms with Crippen LogP contribution >= 0.6 is 0 Å². The van der Waals surface area contributed by atoms with Gasteiger partial charge in [0.1, 0.15) is 24.3 Å². The summed E-state index contributed by atoms with van der Waals surface area (Å²) in [5.41, 5.74) is 9.32. The molecule has 0 atom stereocenters. The molecular formula is C17H13N5O2. The standard InChI is InChI=1S/C17H13N5O2/c18-16-15-12-7-11(10-3-5-19-6-4-10)1-2-13(12)22(8-14(23)24)17(15)21-9-20-16/h1-7,9H,8H2,(H,23,24)(H2,18,20,21). The first-order valence-corrected chi connectivity index (χ1v) is 7.30. The molecule has 0 spiro atoms. The first-order valence-electron chi connectivity index (χ1n) is 7.30. The Morgan fingerprint density at radius 2 is 1.92 bits per heavy atom. The third kappa shape index (κ3) is 2.14. The van der Waals surface area contributed by atoms with Gasteiger partial charge in [0.15, 0.2) is 0 Å². The highest BCUT2D eigenvalue weighted by molar-refractivity contribution is 6.12. The van der Waals surface area contributed by atoms with Gasteiger partial charge in [-0.2, -0.15) is 0 Å². The van der Waals surface area contributed by atoms with E-state index in [1.807, 2.05) is 30.3 Å². The van der Waals surface area contributed by atoms with Crippen LogP contribution in [0.4, 0.5) is 5.82 Å². The van der Waals surface area contributed by atoms with E-state index < -0.39 is 5.97 Å². The number of hydrogen-bond donors (Lipinski definition) is 2. The Labute approximate surface area is 136 Å². The number of anilines is 1. The molecule has 0 unspecified atom stereocenters. The minimum absolute atomic E-state index is 0.189. The molecular weight excluding hydrogens is 306 g/mol. The number of nitrogens with zero attached hydrogens (tertiary/aromatic N) is 4. The summed E-state index contributed by atoms with van der Waals surface area (Å²) in [4.78, 5) is 23.5. The van der Waals surface area contributed by atoms with Crippen molar-refractivity contribution in [1.82, 2.24) is 19.5 Å². The predicted octanol–water partition coefficient (Wildman–Crippen LogP) is 2.31. The summed E-state index contributed by atoms with van der Waals surface area (Å²) in [6, 6.07) is 9.63. The second kappa shape index (κ2) is 5.31. The quantitative estimate of drug-likeness (QED) is 0.600. The van der Waals surface area contributed by atoms with Crippen LogP contribution in [-0.4, -0.2) is 30.6 Å². The number of benzene rings is 1. The van der Waals surface area contributed by atoms with Gasteiger partial charge in [-0.3, -0.25) is 9.78 Å². The van der Waals surface area contributed by atoms with Crippen molar-refractivity contribution in [1.29, 1.82) is 0 Å². The van der Waals surface area contributed by atoms with Gasteiger partial charge in [-0.05, 0) is 35.4 Å². The summed E-state index contributed by atoms with van der Waals surface area (Å²) in [6.45, 7) is -0.189. The molecule has 0 fully saturated rings. The highest BCUT2D eigenvalue weighted by Crippen LogP contribution is 2.33. The van der Waals surface area contributed by atoms with Gasteiger partial charge in [-0.25, -0.2) is 9.97 Å². The second-order valence-corrected chi connectivity index (χ2v) is 5.41. The zero-order valence-corrected chi connectivity index (χ0v) is 12.5. The average Bonchev–Trinajstić information content (AvgIpc) is 2.90. The molecule has 118 valence electrons. The number of hydrogen-bond acceptors (Lipinski definition) is 5. The highest BCUT2D eigenvalue weighted by Gasteiger charge is 2.17. The van der Waals surface area contributed by atoms with Crippen LogP contribution in [0.1, 0.15) is 0 Å². The fourth-order valence-electron chi connectivity index (χ4n) is 2.96. The topological polar surface area (TPSA) is 107 Å². The first-order chi connectivity index (χ1) is 11.6. The Bertz CT molecular complexity index is 1070. The van der Waals surface area contributed by atoms with Gasteiger partial charge >= 0.3 is 5.97 Å². The van der Waals surface area contributed by atoms with Crippen molar-refractivity contribution in [3.8, 4) is 11.1 Å². The molecule has 3 N–H and O–H groups in total. The van der Waals surface area contributed by atoms with E-state index in [1.165, 1.54) is 6.33 Å². The van der Waals surface area contributed by atoms with Gasteiger partial charge in [0.25, 0.3) is 0 Å². The van der Waals surface area contributed by atoms with Crippen molar-refractivity contribution in [3.63, 3.8) is 0 Å². The average molecular weight is 319 g/mol. The van der Waals surface area contributed by atoms with Gasteiger partial charge in [-0.15, -0.1) is 0 Å². The van der Waals surface area contributed by atoms with Crippen molar-refractivity contribution in [3.05, 3.63) is 49.1 Å². The van der Waals surface area contributed by atoms with Crippen LogP contribution in [0.5, 0.6) is 0 Å². The van der Waals surface area contributed by atoms with E-state index in [0.717, 1.165) is 22.0 Å². The molecule has 3 heterocycles. The van der Waals surface area contributed by atoms with Crippen molar-refractivity contribution in [2.45, 2.75) is 6.54 Å². The molecule has 0 aliphatic rings. The van der Waals surface area contributed by atoms with Crippen LogP contribution in [-0.2, 0) is 11.3 Å². The highest BCUT2D eigenvalue weighted by atomic mass is 16.4. The molecule has 3 aromatic heterocycles. The monoisotopic (exact) mass is 319 g/mol. The number of carboxylic acid groups (broad SMARTS) is 1. The summed E-state index contributed by atoms with van der Waals surface area (Å²) in [7, 11) is 0. The number of aliphatic carboxylic acids is 1. The number of nitrogen functional groups attached to an aromatic ring is 1. The summed E-state index contributed by atoms with van der Waals surface area (Å²) >= 11 is 0. The lowest BCUT2D eigenvalue weighted by atomic mass is 10.0. The number of aromatic nitrogens is 4. The Hall–Kier alpha value is -3.48. The van der Waals surface area contributed by atoms with Gasteiger partial charge in [0.05, 0.1) is 10.9 Å². The zero-order valence-electron chi connectivity index (χ0n) is 12.5.